The molecule has 0 spiro atoms. The second-order valence-electron chi connectivity index (χ2n) is 4.86. The Hall–Kier alpha value is -0.540. The van der Waals surface area contributed by atoms with Crippen molar-refractivity contribution in [2.75, 3.05) is 19.6 Å². The Kier molecular flexibility index (Phi) is 4.39. The molecule has 0 unspecified atom stereocenters. The summed E-state index contributed by atoms with van der Waals surface area (Å²) >= 11 is 0. The predicted octanol–water partition coefficient (Wildman–Crippen LogP) is 2.17. The molecule has 0 aromatic carbocycles. The third-order valence-electron chi connectivity index (χ3n) is 4.02. The minimum Gasteiger partial charge on any atom is -0.481 e. The van der Waals surface area contributed by atoms with Crippen molar-refractivity contribution in [2.45, 2.75) is 25.7 Å². The van der Waals surface area contributed by atoms with Crippen molar-refractivity contribution in [3.63, 3.8) is 0 Å². The Labute approximate surface area is 103 Å². The summed E-state index contributed by atoms with van der Waals surface area (Å²) in [7, 11) is 0. The number of hydrogen-bond acceptors (Lipinski definition) is 2. The van der Waals surface area contributed by atoms with Crippen LogP contribution in [0.2, 0.25) is 0 Å². The molecular formula is C12H20ClNO2. The molecule has 1 heterocycles. The maximum atomic E-state index is 11.4. The van der Waals surface area contributed by atoms with Crippen molar-refractivity contribution >= 4 is 18.4 Å². The van der Waals surface area contributed by atoms with E-state index in [9.17, 15) is 9.90 Å². The van der Waals surface area contributed by atoms with Gasteiger partial charge in [0.15, 0.2) is 0 Å². The second kappa shape index (κ2) is 5.19. The number of nitrogens with zero attached hydrogens (tertiary/aromatic N) is 1. The van der Waals surface area contributed by atoms with Gasteiger partial charge in [0, 0.05) is 19.6 Å². The molecule has 4 heteroatoms. The fraction of sp³-hybridized carbons (Fsp3) is 0.750. The first-order valence-electron chi connectivity index (χ1n) is 5.76. The van der Waals surface area contributed by atoms with Crippen molar-refractivity contribution < 1.29 is 9.90 Å². The van der Waals surface area contributed by atoms with Crippen LogP contribution in [0.25, 0.3) is 0 Å². The summed E-state index contributed by atoms with van der Waals surface area (Å²) in [5.74, 6) is -0.189. The molecule has 3 nitrogen and oxygen atoms in total. The van der Waals surface area contributed by atoms with E-state index in [1.165, 1.54) is 0 Å². The highest BCUT2D eigenvalue weighted by atomic mass is 35.5. The zero-order chi connectivity index (χ0) is 10.9. The van der Waals surface area contributed by atoms with Gasteiger partial charge in [0.2, 0.25) is 0 Å². The monoisotopic (exact) mass is 245 g/mol. The summed E-state index contributed by atoms with van der Waals surface area (Å²) in [6, 6.07) is 0. The van der Waals surface area contributed by atoms with E-state index in [0.717, 1.165) is 45.3 Å². The van der Waals surface area contributed by atoms with Crippen LogP contribution >= 0.6 is 12.4 Å². The van der Waals surface area contributed by atoms with Gasteiger partial charge in [0.05, 0.1) is 5.41 Å². The van der Waals surface area contributed by atoms with Crippen LogP contribution in [0.15, 0.2) is 12.7 Å². The van der Waals surface area contributed by atoms with Gasteiger partial charge in [0.1, 0.15) is 0 Å². The van der Waals surface area contributed by atoms with E-state index in [1.54, 1.807) is 0 Å². The number of rotatable bonds is 4. The quantitative estimate of drug-likeness (QED) is 0.772. The number of carbonyl (C=O) groups is 1. The SMILES string of the molecule is C=CCCN1C[C@@H]2CCC[C@@]2(C(=O)O)C1.Cl. The number of halogens is 1. The molecule has 1 saturated heterocycles. The molecule has 16 heavy (non-hydrogen) atoms. The standard InChI is InChI=1S/C12H19NO2.ClH/c1-2-3-7-13-8-10-5-4-6-12(10,9-13)11(14)15;/h2,10H,1,3-9H2,(H,14,15);1H/t10-,12+;/m0./s1. The van der Waals surface area contributed by atoms with Crippen LogP contribution in [0.3, 0.4) is 0 Å². The van der Waals surface area contributed by atoms with Gasteiger partial charge in [-0.2, -0.15) is 0 Å². The van der Waals surface area contributed by atoms with Gasteiger partial charge in [-0.25, -0.2) is 0 Å². The third-order valence-corrected chi connectivity index (χ3v) is 4.02. The molecule has 0 bridgehead atoms. The van der Waals surface area contributed by atoms with Crippen molar-refractivity contribution in [2.24, 2.45) is 11.3 Å². The number of carboxylic acid groups (broad SMARTS) is 1. The number of likely N-dealkylation sites (tertiary alicyclic amines) is 1. The molecule has 2 rings (SSSR count). The summed E-state index contributed by atoms with van der Waals surface area (Å²) in [6.07, 6.45) is 5.92. The Morgan fingerprint density at radius 1 is 1.62 bits per heavy atom. The largest absolute Gasteiger partial charge is 0.481 e. The first-order valence-corrected chi connectivity index (χ1v) is 5.76. The van der Waals surface area contributed by atoms with Crippen LogP contribution in [-0.2, 0) is 4.79 Å². The average Bonchev–Trinajstić information content (AvgIpc) is 2.70. The van der Waals surface area contributed by atoms with E-state index in [2.05, 4.69) is 11.5 Å². The molecule has 0 aromatic heterocycles. The Morgan fingerprint density at radius 2 is 2.38 bits per heavy atom. The molecule has 2 fully saturated rings. The van der Waals surface area contributed by atoms with E-state index in [1.807, 2.05) is 6.08 Å². The van der Waals surface area contributed by atoms with Gasteiger partial charge in [0.25, 0.3) is 0 Å². The van der Waals surface area contributed by atoms with E-state index in [0.29, 0.717) is 5.92 Å². The van der Waals surface area contributed by atoms with Gasteiger partial charge < -0.3 is 10.0 Å². The fourth-order valence-electron chi connectivity index (χ4n) is 3.19. The van der Waals surface area contributed by atoms with Gasteiger partial charge in [-0.1, -0.05) is 12.5 Å². The van der Waals surface area contributed by atoms with Crippen molar-refractivity contribution in [1.82, 2.24) is 4.90 Å². The molecule has 1 aliphatic carbocycles. The van der Waals surface area contributed by atoms with Gasteiger partial charge in [-0.3, -0.25) is 4.79 Å². The van der Waals surface area contributed by atoms with Crippen LogP contribution < -0.4 is 0 Å². The summed E-state index contributed by atoms with van der Waals surface area (Å²) in [5.41, 5.74) is -0.416. The van der Waals surface area contributed by atoms with E-state index < -0.39 is 11.4 Å². The summed E-state index contributed by atoms with van der Waals surface area (Å²) in [6.45, 7) is 6.39. The van der Waals surface area contributed by atoms with Crippen LogP contribution in [-0.4, -0.2) is 35.6 Å². The number of hydrogen-bond donors (Lipinski definition) is 1. The first kappa shape index (κ1) is 13.5. The summed E-state index contributed by atoms with van der Waals surface area (Å²) < 4.78 is 0. The lowest BCUT2D eigenvalue weighted by Crippen LogP contribution is -2.35. The van der Waals surface area contributed by atoms with E-state index in [4.69, 9.17) is 0 Å². The first-order chi connectivity index (χ1) is 7.19. The van der Waals surface area contributed by atoms with Gasteiger partial charge in [-0.15, -0.1) is 19.0 Å². The van der Waals surface area contributed by atoms with Gasteiger partial charge in [-0.05, 0) is 25.2 Å². The molecule has 92 valence electrons. The number of carboxylic acids is 1. The van der Waals surface area contributed by atoms with E-state index >= 15 is 0 Å². The highest BCUT2D eigenvalue weighted by Gasteiger charge is 2.54. The topological polar surface area (TPSA) is 40.5 Å². The Bertz CT molecular complexity index is 282. The summed E-state index contributed by atoms with van der Waals surface area (Å²) in [5, 5.41) is 9.37. The second-order valence-corrected chi connectivity index (χ2v) is 4.86. The molecule has 0 amide bonds. The van der Waals surface area contributed by atoms with Crippen LogP contribution in [0.4, 0.5) is 0 Å². The highest BCUT2D eigenvalue weighted by molar-refractivity contribution is 5.85. The lowest BCUT2D eigenvalue weighted by Gasteiger charge is -2.23. The molecular weight excluding hydrogens is 226 g/mol. The lowest BCUT2D eigenvalue weighted by atomic mass is 9.81. The van der Waals surface area contributed by atoms with Gasteiger partial charge >= 0.3 is 5.97 Å². The van der Waals surface area contributed by atoms with Crippen LogP contribution in [0.5, 0.6) is 0 Å². The van der Waals surface area contributed by atoms with Crippen molar-refractivity contribution in [3.05, 3.63) is 12.7 Å². The maximum absolute atomic E-state index is 11.4. The number of aliphatic carboxylic acids is 1. The zero-order valence-electron chi connectivity index (χ0n) is 9.52. The molecule has 0 aromatic rings. The zero-order valence-corrected chi connectivity index (χ0v) is 10.3. The van der Waals surface area contributed by atoms with E-state index in [-0.39, 0.29) is 12.4 Å². The molecule has 1 aliphatic heterocycles. The summed E-state index contributed by atoms with van der Waals surface area (Å²) in [4.78, 5) is 13.7. The Morgan fingerprint density at radius 3 is 2.94 bits per heavy atom. The van der Waals surface area contributed by atoms with Crippen LogP contribution in [0, 0.1) is 11.3 Å². The predicted molar refractivity (Wildman–Crippen MR) is 65.9 cm³/mol. The number of fused-ring (bicyclic) bond motifs is 1. The minimum atomic E-state index is -0.578. The highest BCUT2D eigenvalue weighted by Crippen LogP contribution is 2.48. The average molecular weight is 246 g/mol. The van der Waals surface area contributed by atoms with Crippen molar-refractivity contribution in [1.29, 1.82) is 0 Å². The maximum Gasteiger partial charge on any atom is 0.311 e. The molecule has 2 atom stereocenters. The smallest absolute Gasteiger partial charge is 0.311 e. The van der Waals surface area contributed by atoms with Crippen molar-refractivity contribution in [3.8, 4) is 0 Å². The molecule has 0 radical (unpaired) electrons. The minimum absolute atomic E-state index is 0. The molecule has 2 aliphatic rings. The fourth-order valence-corrected chi connectivity index (χ4v) is 3.19. The normalized spacial score (nSPS) is 33.1. The third kappa shape index (κ3) is 2.11. The molecule has 1 saturated carbocycles. The Balaban J connectivity index is 0.00000128. The molecule has 1 N–H and O–H groups in total. The lowest BCUT2D eigenvalue weighted by molar-refractivity contribution is -0.149. The van der Waals surface area contributed by atoms with Crippen LogP contribution in [0.1, 0.15) is 25.7 Å².